The van der Waals surface area contributed by atoms with Crippen LogP contribution in [-0.4, -0.2) is 76.6 Å². The smallest absolute Gasteiger partial charge is 0.266 e. The van der Waals surface area contributed by atoms with Crippen molar-refractivity contribution in [3.05, 3.63) is 28.4 Å². The Morgan fingerprint density at radius 2 is 2.10 bits per heavy atom. The highest BCUT2D eigenvalue weighted by molar-refractivity contribution is 9.10. The van der Waals surface area contributed by atoms with Crippen molar-refractivity contribution >= 4 is 49.2 Å². The van der Waals surface area contributed by atoms with Crippen molar-refractivity contribution in [2.45, 2.75) is 4.90 Å². The number of nitrogens with one attached hydrogen (secondary N) is 2. The van der Waals surface area contributed by atoms with Crippen LogP contribution in [0.5, 0.6) is 0 Å². The maximum atomic E-state index is 12.9. The highest BCUT2D eigenvalue weighted by atomic mass is 79.9. The molecule has 1 aromatic carbocycles. The number of hydrogen-bond donors (Lipinski definition) is 3. The maximum absolute atomic E-state index is 12.9. The number of nitrogens with zero attached hydrogens (tertiary/aromatic N) is 1. The second-order valence-corrected chi connectivity index (χ2v) is 8.75. The fourth-order valence-electron chi connectivity index (χ4n) is 2.72. The summed E-state index contributed by atoms with van der Waals surface area (Å²) in [6.45, 7) is 2.34. The number of rotatable bonds is 7. The minimum atomic E-state index is -3.84. The zero-order chi connectivity index (χ0) is 21.4. The number of ether oxygens (including phenoxy) is 2. The van der Waals surface area contributed by atoms with Gasteiger partial charge in [-0.1, -0.05) is 15.9 Å². The lowest BCUT2D eigenvalue weighted by atomic mass is 10.2. The van der Waals surface area contributed by atoms with Gasteiger partial charge in [-0.15, -0.1) is 0 Å². The molecule has 2 amide bonds. The molecule has 0 spiro atoms. The van der Waals surface area contributed by atoms with Gasteiger partial charge >= 0.3 is 0 Å². The van der Waals surface area contributed by atoms with E-state index in [1.807, 2.05) is 0 Å². The zero-order valence-corrected chi connectivity index (χ0v) is 18.2. The molecule has 1 aliphatic heterocycles. The normalized spacial score (nSPS) is 14.8. The second-order valence-electron chi connectivity index (χ2n) is 5.96. The van der Waals surface area contributed by atoms with Crippen LogP contribution in [0.25, 0.3) is 10.9 Å². The van der Waals surface area contributed by atoms with Crippen molar-refractivity contribution in [2.24, 2.45) is 5.73 Å². The Hall–Kier alpha value is -1.99. The van der Waals surface area contributed by atoms with Crippen molar-refractivity contribution in [2.75, 3.05) is 46.6 Å². The number of carbonyl (C=O) groups is 2. The van der Waals surface area contributed by atoms with E-state index >= 15 is 0 Å². The van der Waals surface area contributed by atoms with Crippen molar-refractivity contribution in [3.63, 3.8) is 0 Å². The van der Waals surface area contributed by atoms with Crippen molar-refractivity contribution in [1.82, 2.24) is 14.6 Å². The van der Waals surface area contributed by atoms with Crippen molar-refractivity contribution in [3.8, 4) is 0 Å². The molecule has 0 bridgehead atoms. The molecule has 3 rings (SSSR count). The summed E-state index contributed by atoms with van der Waals surface area (Å²) in [5.74, 6) is -0.806. The molecule has 0 saturated carbocycles. The standard InChI is InChI=1S/C13H14BrN3O4S.C4H9NO2/c14-8-1-2-10-9(7-8)12(11(16-10)13(15)18)22(19,20)17-3-5-21-6-4-17;1-7-3-2-5-4-6/h1-2,7,16H,3-6H2,(H2,15,18);4H,2-3H2,1H3,(H,5,6). The molecule has 2 aromatic rings. The number of morpholine rings is 1. The molecule has 2 heterocycles. The first-order valence-electron chi connectivity index (χ1n) is 8.67. The monoisotopic (exact) mass is 490 g/mol. The topological polar surface area (TPSA) is 144 Å². The predicted molar refractivity (Wildman–Crippen MR) is 110 cm³/mol. The summed E-state index contributed by atoms with van der Waals surface area (Å²) in [5, 5.41) is 2.88. The van der Waals surface area contributed by atoms with E-state index in [-0.39, 0.29) is 23.7 Å². The average molecular weight is 491 g/mol. The minimum Gasteiger partial charge on any atom is -0.383 e. The fraction of sp³-hybridized carbons (Fsp3) is 0.412. The van der Waals surface area contributed by atoms with Crippen LogP contribution in [0.1, 0.15) is 10.5 Å². The highest BCUT2D eigenvalue weighted by Crippen LogP contribution is 2.31. The number of primary amides is 1. The molecule has 0 unspecified atom stereocenters. The molecule has 0 aliphatic carbocycles. The number of hydrogen-bond acceptors (Lipinski definition) is 6. The van der Waals surface area contributed by atoms with Gasteiger partial charge in [0, 0.05) is 42.1 Å². The molecule has 0 atom stereocenters. The van der Waals surface area contributed by atoms with Gasteiger partial charge in [-0.05, 0) is 18.2 Å². The Kier molecular flexibility index (Phi) is 8.59. The summed E-state index contributed by atoms with van der Waals surface area (Å²) in [6, 6.07) is 5.12. The van der Waals surface area contributed by atoms with Crippen molar-refractivity contribution < 1.29 is 27.5 Å². The van der Waals surface area contributed by atoms with Crippen LogP contribution in [0.3, 0.4) is 0 Å². The molecular formula is C17H23BrN4O6S. The molecule has 160 valence electrons. The summed E-state index contributed by atoms with van der Waals surface area (Å²) in [4.78, 5) is 23.9. The van der Waals surface area contributed by atoms with E-state index in [9.17, 15) is 18.0 Å². The largest absolute Gasteiger partial charge is 0.383 e. The highest BCUT2D eigenvalue weighted by Gasteiger charge is 2.33. The minimum absolute atomic E-state index is 0.0711. The zero-order valence-electron chi connectivity index (χ0n) is 15.8. The number of fused-ring (bicyclic) bond motifs is 1. The van der Waals surface area contributed by atoms with Crippen LogP contribution >= 0.6 is 15.9 Å². The van der Waals surface area contributed by atoms with Crippen LogP contribution in [0.4, 0.5) is 0 Å². The van der Waals surface area contributed by atoms with E-state index in [1.165, 1.54) is 4.31 Å². The van der Waals surface area contributed by atoms with Gasteiger partial charge in [0.25, 0.3) is 5.91 Å². The van der Waals surface area contributed by atoms with E-state index in [0.29, 0.717) is 48.2 Å². The number of amides is 2. The van der Waals surface area contributed by atoms with Gasteiger partial charge in [0.15, 0.2) is 0 Å². The van der Waals surface area contributed by atoms with Crippen LogP contribution < -0.4 is 11.1 Å². The van der Waals surface area contributed by atoms with Crippen LogP contribution in [0.2, 0.25) is 0 Å². The molecule has 4 N–H and O–H groups in total. The van der Waals surface area contributed by atoms with Gasteiger partial charge in [-0.3, -0.25) is 9.59 Å². The van der Waals surface area contributed by atoms with Gasteiger partial charge in [-0.25, -0.2) is 8.42 Å². The Balaban J connectivity index is 0.000000370. The van der Waals surface area contributed by atoms with Gasteiger partial charge < -0.3 is 25.5 Å². The third-order valence-electron chi connectivity index (χ3n) is 4.06. The van der Waals surface area contributed by atoms with Crippen LogP contribution in [-0.2, 0) is 24.3 Å². The number of aromatic amines is 1. The van der Waals surface area contributed by atoms with Gasteiger partial charge in [0.2, 0.25) is 16.4 Å². The first-order chi connectivity index (χ1) is 13.8. The maximum Gasteiger partial charge on any atom is 0.266 e. The number of benzene rings is 1. The molecule has 10 nitrogen and oxygen atoms in total. The molecule has 1 aromatic heterocycles. The van der Waals surface area contributed by atoms with E-state index in [1.54, 1.807) is 25.3 Å². The summed E-state index contributed by atoms with van der Waals surface area (Å²) in [6.07, 6.45) is 0.652. The average Bonchev–Trinajstić information content (AvgIpc) is 3.09. The first kappa shape index (κ1) is 23.3. The van der Waals surface area contributed by atoms with Gasteiger partial charge in [0.05, 0.1) is 19.8 Å². The van der Waals surface area contributed by atoms with E-state index < -0.39 is 15.9 Å². The summed E-state index contributed by atoms with van der Waals surface area (Å²) in [7, 11) is -2.25. The number of methoxy groups -OCH3 is 1. The fourth-order valence-corrected chi connectivity index (χ4v) is 4.82. The molecule has 1 saturated heterocycles. The van der Waals surface area contributed by atoms with Gasteiger partial charge in [0.1, 0.15) is 10.6 Å². The number of sulfonamides is 1. The summed E-state index contributed by atoms with van der Waals surface area (Å²) >= 11 is 3.32. The number of halogens is 1. The van der Waals surface area contributed by atoms with Crippen LogP contribution in [0.15, 0.2) is 27.6 Å². The lowest BCUT2D eigenvalue weighted by molar-refractivity contribution is -0.109. The molecular weight excluding hydrogens is 468 g/mol. The van der Waals surface area contributed by atoms with E-state index in [0.717, 1.165) is 0 Å². The van der Waals surface area contributed by atoms with Gasteiger partial charge in [-0.2, -0.15) is 4.31 Å². The summed E-state index contributed by atoms with van der Waals surface area (Å²) in [5.41, 5.74) is 5.80. The number of H-pyrrole nitrogens is 1. The molecule has 1 aliphatic rings. The number of aromatic nitrogens is 1. The number of carbonyl (C=O) groups excluding carboxylic acids is 2. The Bertz CT molecular complexity index is 956. The SMILES string of the molecule is COCCNC=O.NC(=O)c1[nH]c2ccc(Br)cc2c1S(=O)(=O)N1CCOCC1. The Labute approximate surface area is 176 Å². The third kappa shape index (κ3) is 5.76. The summed E-state index contributed by atoms with van der Waals surface area (Å²) < 4.78 is 37.7. The van der Waals surface area contributed by atoms with Crippen LogP contribution in [0, 0.1) is 0 Å². The van der Waals surface area contributed by atoms with E-state index in [4.69, 9.17) is 10.5 Å². The number of nitrogens with two attached hydrogens (primary N) is 1. The lowest BCUT2D eigenvalue weighted by Crippen LogP contribution is -2.41. The predicted octanol–water partition coefficient (Wildman–Crippen LogP) is 0.429. The Morgan fingerprint density at radius 3 is 2.69 bits per heavy atom. The third-order valence-corrected chi connectivity index (χ3v) is 6.54. The molecule has 0 radical (unpaired) electrons. The Morgan fingerprint density at radius 1 is 1.41 bits per heavy atom. The lowest BCUT2D eigenvalue weighted by Gasteiger charge is -2.26. The van der Waals surface area contributed by atoms with E-state index in [2.05, 4.69) is 31.0 Å². The second kappa shape index (κ2) is 10.7. The van der Waals surface area contributed by atoms with Crippen molar-refractivity contribution in [1.29, 1.82) is 0 Å². The molecule has 12 heteroatoms. The first-order valence-corrected chi connectivity index (χ1v) is 10.9. The molecule has 1 fully saturated rings. The molecule has 29 heavy (non-hydrogen) atoms. The quantitative estimate of drug-likeness (QED) is 0.379.